The predicted octanol–water partition coefficient (Wildman–Crippen LogP) is 2.85. The van der Waals surface area contributed by atoms with Crippen LogP contribution in [0.4, 0.5) is 13.2 Å². The number of nitrogens with zero attached hydrogens (tertiary/aromatic N) is 2. The lowest BCUT2D eigenvalue weighted by atomic mass is 10.2. The minimum absolute atomic E-state index is 0.212. The first kappa shape index (κ1) is 15.4. The van der Waals surface area contributed by atoms with Crippen LogP contribution in [0.5, 0.6) is 0 Å². The standard InChI is InChI=1S/C11H14BrF3N2O/c1-18-5-4-17(8-11(13,14)15)7-9-2-3-16-10(12)6-9/h2-3,6H,4-5,7-8H2,1H3. The molecule has 1 aromatic heterocycles. The molecule has 0 fully saturated rings. The molecular weight excluding hydrogens is 313 g/mol. The Labute approximate surface area is 112 Å². The lowest BCUT2D eigenvalue weighted by Gasteiger charge is -2.23. The van der Waals surface area contributed by atoms with Gasteiger partial charge in [-0.15, -0.1) is 0 Å². The second kappa shape index (κ2) is 7.06. The third-order valence-corrected chi connectivity index (χ3v) is 2.65. The van der Waals surface area contributed by atoms with Crippen LogP contribution in [0.15, 0.2) is 22.9 Å². The van der Waals surface area contributed by atoms with Crippen molar-refractivity contribution in [3.63, 3.8) is 0 Å². The van der Waals surface area contributed by atoms with Crippen molar-refractivity contribution in [1.82, 2.24) is 9.88 Å². The van der Waals surface area contributed by atoms with E-state index in [0.717, 1.165) is 5.56 Å². The van der Waals surface area contributed by atoms with Gasteiger partial charge in [0, 0.05) is 26.4 Å². The van der Waals surface area contributed by atoms with Gasteiger partial charge in [0.2, 0.25) is 0 Å². The zero-order valence-corrected chi connectivity index (χ0v) is 11.5. The maximum absolute atomic E-state index is 12.4. The normalized spacial score (nSPS) is 12.1. The highest BCUT2D eigenvalue weighted by Crippen LogP contribution is 2.18. The molecule has 0 spiro atoms. The molecular formula is C11H14BrF3N2O. The molecule has 0 aliphatic rings. The number of rotatable bonds is 6. The Morgan fingerprint density at radius 2 is 2.17 bits per heavy atom. The molecule has 0 N–H and O–H groups in total. The second-order valence-corrected chi connectivity index (χ2v) is 4.62. The Kier molecular flexibility index (Phi) is 6.04. The van der Waals surface area contributed by atoms with Crippen LogP contribution < -0.4 is 0 Å². The molecule has 0 bridgehead atoms. The van der Waals surface area contributed by atoms with Crippen LogP contribution in [0.3, 0.4) is 0 Å². The molecule has 0 aliphatic carbocycles. The highest BCUT2D eigenvalue weighted by atomic mass is 79.9. The minimum atomic E-state index is -4.21. The van der Waals surface area contributed by atoms with Gasteiger partial charge in [-0.1, -0.05) is 0 Å². The lowest BCUT2D eigenvalue weighted by Crippen LogP contribution is -2.36. The van der Waals surface area contributed by atoms with E-state index >= 15 is 0 Å². The zero-order chi connectivity index (χ0) is 13.6. The van der Waals surface area contributed by atoms with Crippen LogP contribution in [0.25, 0.3) is 0 Å². The van der Waals surface area contributed by atoms with Gasteiger partial charge in [0.15, 0.2) is 0 Å². The average molecular weight is 327 g/mol. The van der Waals surface area contributed by atoms with Gasteiger partial charge in [-0.3, -0.25) is 4.90 Å². The predicted molar refractivity (Wildman–Crippen MR) is 65.1 cm³/mol. The molecule has 0 amide bonds. The minimum Gasteiger partial charge on any atom is -0.383 e. The van der Waals surface area contributed by atoms with Crippen molar-refractivity contribution in [2.45, 2.75) is 12.7 Å². The third-order valence-electron chi connectivity index (χ3n) is 2.21. The smallest absolute Gasteiger partial charge is 0.383 e. The molecule has 102 valence electrons. The molecule has 0 saturated heterocycles. The number of pyridine rings is 1. The summed E-state index contributed by atoms with van der Waals surface area (Å²) in [6.45, 7) is -0.238. The quantitative estimate of drug-likeness (QED) is 0.752. The van der Waals surface area contributed by atoms with E-state index in [4.69, 9.17) is 4.74 Å². The van der Waals surface area contributed by atoms with E-state index in [1.165, 1.54) is 12.0 Å². The van der Waals surface area contributed by atoms with Gasteiger partial charge in [-0.2, -0.15) is 13.2 Å². The highest BCUT2D eigenvalue weighted by molar-refractivity contribution is 9.10. The molecule has 3 nitrogen and oxygen atoms in total. The number of ether oxygens (including phenoxy) is 1. The van der Waals surface area contributed by atoms with E-state index in [2.05, 4.69) is 20.9 Å². The fraction of sp³-hybridized carbons (Fsp3) is 0.545. The van der Waals surface area contributed by atoms with Crippen molar-refractivity contribution < 1.29 is 17.9 Å². The van der Waals surface area contributed by atoms with Crippen LogP contribution in [-0.4, -0.2) is 42.9 Å². The number of hydrogen-bond donors (Lipinski definition) is 0. The van der Waals surface area contributed by atoms with Gasteiger partial charge in [0.25, 0.3) is 0 Å². The van der Waals surface area contributed by atoms with Gasteiger partial charge < -0.3 is 4.74 Å². The topological polar surface area (TPSA) is 25.4 Å². The highest BCUT2D eigenvalue weighted by Gasteiger charge is 2.30. The zero-order valence-electron chi connectivity index (χ0n) is 9.88. The maximum atomic E-state index is 12.4. The molecule has 1 aromatic rings. The summed E-state index contributed by atoms with van der Waals surface area (Å²) in [4.78, 5) is 5.23. The van der Waals surface area contributed by atoms with Crippen molar-refractivity contribution in [3.05, 3.63) is 28.5 Å². The maximum Gasteiger partial charge on any atom is 0.401 e. The molecule has 7 heteroatoms. The van der Waals surface area contributed by atoms with Crippen molar-refractivity contribution in [2.24, 2.45) is 0 Å². The van der Waals surface area contributed by atoms with Crippen molar-refractivity contribution in [2.75, 3.05) is 26.8 Å². The summed E-state index contributed by atoms with van der Waals surface area (Å²) in [5.74, 6) is 0. The van der Waals surface area contributed by atoms with E-state index in [-0.39, 0.29) is 19.7 Å². The summed E-state index contributed by atoms with van der Waals surface area (Å²) in [5, 5.41) is 0. The van der Waals surface area contributed by atoms with Gasteiger partial charge in [-0.05, 0) is 33.6 Å². The van der Waals surface area contributed by atoms with E-state index in [1.54, 1.807) is 18.3 Å². The number of alkyl halides is 3. The Balaban J connectivity index is 2.65. The number of hydrogen-bond acceptors (Lipinski definition) is 3. The molecule has 0 radical (unpaired) electrons. The third kappa shape index (κ3) is 6.32. The van der Waals surface area contributed by atoms with E-state index in [0.29, 0.717) is 4.60 Å². The molecule has 1 rings (SSSR count). The van der Waals surface area contributed by atoms with Crippen LogP contribution >= 0.6 is 15.9 Å². The summed E-state index contributed by atoms with van der Waals surface area (Å²) in [6.07, 6.45) is -2.65. The summed E-state index contributed by atoms with van der Waals surface area (Å²) in [5.41, 5.74) is 0.775. The molecule has 0 saturated carbocycles. The largest absolute Gasteiger partial charge is 0.401 e. The molecule has 0 unspecified atom stereocenters. The summed E-state index contributed by atoms with van der Waals surface area (Å²) < 4.78 is 42.7. The van der Waals surface area contributed by atoms with E-state index in [1.807, 2.05) is 0 Å². The van der Waals surface area contributed by atoms with E-state index in [9.17, 15) is 13.2 Å². The van der Waals surface area contributed by atoms with Gasteiger partial charge >= 0.3 is 6.18 Å². The van der Waals surface area contributed by atoms with Crippen molar-refractivity contribution in [1.29, 1.82) is 0 Å². The van der Waals surface area contributed by atoms with Gasteiger partial charge in [0.05, 0.1) is 13.2 Å². The molecule has 0 aromatic carbocycles. The molecule has 18 heavy (non-hydrogen) atoms. The number of methoxy groups -OCH3 is 1. The van der Waals surface area contributed by atoms with Crippen LogP contribution in [0.1, 0.15) is 5.56 Å². The number of halogens is 4. The Hall–Kier alpha value is -0.660. The van der Waals surface area contributed by atoms with Crippen molar-refractivity contribution in [3.8, 4) is 0 Å². The Morgan fingerprint density at radius 3 is 2.72 bits per heavy atom. The van der Waals surface area contributed by atoms with Crippen LogP contribution in [-0.2, 0) is 11.3 Å². The van der Waals surface area contributed by atoms with Crippen LogP contribution in [0.2, 0.25) is 0 Å². The fourth-order valence-corrected chi connectivity index (χ4v) is 1.90. The lowest BCUT2D eigenvalue weighted by molar-refractivity contribution is -0.148. The molecule has 0 aliphatic heterocycles. The monoisotopic (exact) mass is 326 g/mol. The number of aromatic nitrogens is 1. The Morgan fingerprint density at radius 1 is 1.44 bits per heavy atom. The fourth-order valence-electron chi connectivity index (χ4n) is 1.49. The van der Waals surface area contributed by atoms with Crippen molar-refractivity contribution >= 4 is 15.9 Å². The van der Waals surface area contributed by atoms with Gasteiger partial charge in [-0.25, -0.2) is 4.98 Å². The average Bonchev–Trinajstić information content (AvgIpc) is 2.24. The first-order valence-electron chi connectivity index (χ1n) is 5.29. The first-order valence-corrected chi connectivity index (χ1v) is 6.08. The summed E-state index contributed by atoms with van der Waals surface area (Å²) in [6, 6.07) is 3.40. The van der Waals surface area contributed by atoms with Crippen LogP contribution in [0, 0.1) is 0 Å². The second-order valence-electron chi connectivity index (χ2n) is 3.81. The molecule has 1 heterocycles. The summed E-state index contributed by atoms with van der Waals surface area (Å²) >= 11 is 3.19. The Bertz CT molecular complexity index is 374. The first-order chi connectivity index (χ1) is 8.40. The SMILES string of the molecule is COCCN(Cc1ccnc(Br)c1)CC(F)(F)F. The summed E-state index contributed by atoms with van der Waals surface area (Å²) in [7, 11) is 1.47. The molecule has 0 atom stereocenters. The van der Waals surface area contributed by atoms with Gasteiger partial charge in [0.1, 0.15) is 4.60 Å². The van der Waals surface area contributed by atoms with E-state index < -0.39 is 12.7 Å².